The fourth-order valence-corrected chi connectivity index (χ4v) is 8.84. The van der Waals surface area contributed by atoms with Crippen LogP contribution >= 0.6 is 46.1 Å². The van der Waals surface area contributed by atoms with Crippen LogP contribution in [0, 0.1) is 23.5 Å². The van der Waals surface area contributed by atoms with Crippen molar-refractivity contribution in [3.8, 4) is 0 Å². The molecule has 0 bridgehead atoms. The second kappa shape index (κ2) is 12.4. The van der Waals surface area contributed by atoms with Gasteiger partial charge in [-0.15, -0.1) is 11.8 Å². The summed E-state index contributed by atoms with van der Waals surface area (Å²) in [7, 11) is 0. The fourth-order valence-electron chi connectivity index (χ4n) is 5.62. The number of rotatable bonds is 3. The molecule has 4 heterocycles. The Morgan fingerprint density at radius 2 is 1.58 bits per heavy atom. The van der Waals surface area contributed by atoms with Crippen LogP contribution in [-0.4, -0.2) is 46.3 Å². The third kappa shape index (κ3) is 5.44. The molecule has 38 heavy (non-hydrogen) atoms. The summed E-state index contributed by atoms with van der Waals surface area (Å²) in [5, 5.41) is 1.90. The van der Waals surface area contributed by atoms with E-state index in [1.54, 1.807) is 36.0 Å². The number of nitrogens with zero attached hydrogens (tertiary/aromatic N) is 2. The maximum absolute atomic E-state index is 14.2. The predicted octanol–water partition coefficient (Wildman–Crippen LogP) is 2.88. The number of fused-ring (bicyclic) bond motifs is 2. The van der Waals surface area contributed by atoms with Gasteiger partial charge >= 0.3 is 0 Å². The molecule has 0 saturated carbocycles. The maximum Gasteiger partial charge on any atom is 0.159 e. The van der Waals surface area contributed by atoms with E-state index in [9.17, 15) is 8.78 Å². The minimum atomic E-state index is -0.738. The number of thioether (sulfide) groups is 2. The standard InChI is InChI=1S/C14H15FINOS.C13H13FN2OS.HI/c1-9-17-14(10-4-2-3-5-12(10)15)8-18-7-11(14)13(6-16)19-9;1-8-10-6-17-7-13(10,16-12(15)18-8)9-4-2-3-5-11(9)14;/h2-5,11,13H,6-8H2,1H3;2-5,10H,1,6-7H2,(H2,15,16);1H/p-1/t11-,13?,14+;10-,13+;/m11./s1. The summed E-state index contributed by atoms with van der Waals surface area (Å²) >= 11 is 5.55. The molecule has 2 N–H and O–H groups in total. The van der Waals surface area contributed by atoms with E-state index < -0.39 is 11.1 Å². The molecule has 5 atom stereocenters. The minimum absolute atomic E-state index is 0. The first kappa shape index (κ1) is 30.2. The Labute approximate surface area is 261 Å². The number of hydrogen-bond donors (Lipinski definition) is 1. The number of amidine groups is 1. The fraction of sp³-hybridized carbons (Fsp3) is 0.407. The number of halogens is 4. The Kier molecular flexibility index (Phi) is 9.87. The molecule has 5 nitrogen and oxygen atoms in total. The first-order valence-electron chi connectivity index (χ1n) is 12.0. The average Bonchev–Trinajstić information content (AvgIpc) is 3.50. The van der Waals surface area contributed by atoms with Crippen LogP contribution in [0.5, 0.6) is 0 Å². The highest BCUT2D eigenvalue weighted by Crippen LogP contribution is 2.50. The van der Waals surface area contributed by atoms with Gasteiger partial charge in [0.2, 0.25) is 0 Å². The number of aliphatic imine (C=N–C) groups is 2. The Bertz CT molecular complexity index is 1270. The summed E-state index contributed by atoms with van der Waals surface area (Å²) in [6.07, 6.45) is 0. The van der Waals surface area contributed by atoms with Crippen molar-refractivity contribution in [2.75, 3.05) is 30.9 Å². The van der Waals surface area contributed by atoms with Gasteiger partial charge in [0.25, 0.3) is 0 Å². The quantitative estimate of drug-likeness (QED) is 0.384. The van der Waals surface area contributed by atoms with E-state index in [1.807, 2.05) is 19.1 Å². The molecule has 2 saturated heterocycles. The molecule has 0 aromatic heterocycles. The first-order valence-corrected chi connectivity index (χ1v) is 15.2. The molecule has 0 amide bonds. The smallest absolute Gasteiger partial charge is 0.159 e. The molecule has 204 valence electrons. The van der Waals surface area contributed by atoms with E-state index in [0.29, 0.717) is 48.0 Å². The summed E-state index contributed by atoms with van der Waals surface area (Å²) < 4.78 is 40.5. The van der Waals surface area contributed by atoms with Crippen molar-refractivity contribution in [1.29, 1.82) is 0 Å². The molecule has 1 unspecified atom stereocenters. The highest BCUT2D eigenvalue weighted by molar-refractivity contribution is 14.1. The van der Waals surface area contributed by atoms with Crippen LogP contribution in [0.3, 0.4) is 0 Å². The lowest BCUT2D eigenvalue weighted by Gasteiger charge is -2.39. The van der Waals surface area contributed by atoms with Gasteiger partial charge in [0.15, 0.2) is 5.17 Å². The summed E-state index contributed by atoms with van der Waals surface area (Å²) in [5.41, 5.74) is 5.80. The van der Waals surface area contributed by atoms with Gasteiger partial charge in [-0.3, -0.25) is 4.99 Å². The zero-order chi connectivity index (χ0) is 26.2. The van der Waals surface area contributed by atoms with Crippen molar-refractivity contribution >= 4 is 56.3 Å². The molecule has 0 radical (unpaired) electrons. The third-order valence-electron chi connectivity index (χ3n) is 7.31. The van der Waals surface area contributed by atoms with Crippen molar-refractivity contribution in [2.45, 2.75) is 23.3 Å². The molecular formula is C27H28F2I2N3O2S2-. The highest BCUT2D eigenvalue weighted by Gasteiger charge is 2.53. The second-order valence-electron chi connectivity index (χ2n) is 9.46. The molecule has 2 aromatic rings. The normalized spacial score (nSPS) is 31.7. The number of hydrogen-bond acceptors (Lipinski definition) is 7. The lowest BCUT2D eigenvalue weighted by atomic mass is 9.79. The molecule has 0 aliphatic carbocycles. The summed E-state index contributed by atoms with van der Waals surface area (Å²) in [6, 6.07) is 13.6. The lowest BCUT2D eigenvalue weighted by Crippen LogP contribution is -3.00. The Morgan fingerprint density at radius 1 is 1.00 bits per heavy atom. The average molecular weight is 782 g/mol. The topological polar surface area (TPSA) is 69.2 Å². The predicted molar refractivity (Wildman–Crippen MR) is 157 cm³/mol. The third-order valence-corrected chi connectivity index (χ3v) is 10.9. The van der Waals surface area contributed by atoms with Crippen LogP contribution in [0.1, 0.15) is 18.1 Å². The second-order valence-corrected chi connectivity index (χ2v) is 12.9. The van der Waals surface area contributed by atoms with E-state index in [4.69, 9.17) is 20.2 Å². The van der Waals surface area contributed by atoms with Crippen LogP contribution in [0.2, 0.25) is 0 Å². The maximum atomic E-state index is 14.2. The molecule has 2 fully saturated rings. The van der Waals surface area contributed by atoms with E-state index >= 15 is 0 Å². The van der Waals surface area contributed by atoms with Gasteiger partial charge < -0.3 is 39.2 Å². The lowest BCUT2D eigenvalue weighted by molar-refractivity contribution is -0.00000947. The van der Waals surface area contributed by atoms with Crippen LogP contribution in [0.4, 0.5) is 8.78 Å². The van der Waals surface area contributed by atoms with E-state index in [1.165, 1.54) is 23.9 Å². The Morgan fingerprint density at radius 3 is 2.21 bits per heavy atom. The number of alkyl halides is 1. The highest BCUT2D eigenvalue weighted by atomic mass is 127. The van der Waals surface area contributed by atoms with Crippen LogP contribution in [-0.2, 0) is 20.6 Å². The zero-order valence-corrected chi connectivity index (χ0v) is 26.7. The molecule has 0 spiro atoms. The zero-order valence-electron chi connectivity index (χ0n) is 20.7. The van der Waals surface area contributed by atoms with Crippen molar-refractivity contribution < 1.29 is 42.2 Å². The van der Waals surface area contributed by atoms with Crippen molar-refractivity contribution in [2.24, 2.45) is 27.6 Å². The molecule has 11 heteroatoms. The monoisotopic (exact) mass is 782 g/mol. The van der Waals surface area contributed by atoms with Gasteiger partial charge in [0.1, 0.15) is 22.7 Å². The number of benzene rings is 2. The van der Waals surface area contributed by atoms with E-state index in [-0.39, 0.29) is 47.4 Å². The van der Waals surface area contributed by atoms with Gasteiger partial charge in [0.05, 0.1) is 31.5 Å². The number of ether oxygens (including phenoxy) is 2. The molecule has 4 aliphatic rings. The minimum Gasteiger partial charge on any atom is -1.00 e. The SMILES string of the molecule is C=C1SC(N)=N[C@]2(c3ccccc3F)COC[C@H]12.CC1=N[C@]2(c3ccccc3F)COC[C@@H]2C(CI)S1.[I-]. The van der Waals surface area contributed by atoms with Crippen molar-refractivity contribution in [3.63, 3.8) is 0 Å². The van der Waals surface area contributed by atoms with Gasteiger partial charge in [-0.05, 0) is 24.0 Å². The van der Waals surface area contributed by atoms with Crippen LogP contribution in [0.15, 0.2) is 70.0 Å². The van der Waals surface area contributed by atoms with Gasteiger partial charge in [-0.2, -0.15) is 0 Å². The number of nitrogens with two attached hydrogens (primary N) is 1. The molecule has 2 aromatic carbocycles. The van der Waals surface area contributed by atoms with E-state index in [0.717, 1.165) is 14.4 Å². The summed E-state index contributed by atoms with van der Waals surface area (Å²) in [5.74, 6) is -0.209. The van der Waals surface area contributed by atoms with Gasteiger partial charge in [-0.25, -0.2) is 13.8 Å². The van der Waals surface area contributed by atoms with Crippen LogP contribution < -0.4 is 29.7 Å². The van der Waals surface area contributed by atoms with Crippen molar-refractivity contribution in [1.82, 2.24) is 0 Å². The van der Waals surface area contributed by atoms with Crippen LogP contribution in [0.25, 0.3) is 0 Å². The summed E-state index contributed by atoms with van der Waals surface area (Å²) in [4.78, 5) is 10.2. The van der Waals surface area contributed by atoms with Gasteiger partial charge in [-0.1, -0.05) is 77.3 Å². The largest absolute Gasteiger partial charge is 1.00 e. The first-order chi connectivity index (χ1) is 17.8. The Balaban J connectivity index is 0.000000173. The van der Waals surface area contributed by atoms with Gasteiger partial charge in [0, 0.05) is 32.6 Å². The van der Waals surface area contributed by atoms with E-state index in [2.05, 4.69) is 34.2 Å². The molecule has 4 aliphatic heterocycles. The summed E-state index contributed by atoms with van der Waals surface area (Å²) in [6.45, 7) is 8.04. The molecule has 6 rings (SSSR count). The molecular weight excluding hydrogens is 754 g/mol. The van der Waals surface area contributed by atoms with Crippen molar-refractivity contribution in [3.05, 3.63) is 82.8 Å². The Hall–Kier alpha value is -0.740.